The van der Waals surface area contributed by atoms with Crippen LogP contribution in [-0.4, -0.2) is 25.1 Å². The van der Waals surface area contributed by atoms with E-state index in [9.17, 15) is 9.59 Å². The minimum absolute atomic E-state index is 0.340. The maximum atomic E-state index is 12.2. The number of nitrogens with one attached hydrogen (secondary N) is 1. The van der Waals surface area contributed by atoms with Gasteiger partial charge in [-0.1, -0.05) is 35.9 Å². The first-order valence-electron chi connectivity index (χ1n) is 8.09. The molecule has 0 bridgehead atoms. The lowest BCUT2D eigenvalue weighted by Crippen LogP contribution is -2.35. The van der Waals surface area contributed by atoms with E-state index >= 15 is 0 Å². The second kappa shape index (κ2) is 8.33. The van der Waals surface area contributed by atoms with E-state index in [1.807, 2.05) is 38.1 Å². The Bertz CT molecular complexity index is 753. The Morgan fingerprint density at radius 1 is 1.08 bits per heavy atom. The molecule has 1 atom stereocenters. The quantitative estimate of drug-likeness (QED) is 0.820. The number of esters is 1. The van der Waals surface area contributed by atoms with Gasteiger partial charge in [-0.05, 0) is 44.0 Å². The first-order chi connectivity index (χ1) is 11.9. The minimum atomic E-state index is -0.884. The molecule has 132 valence electrons. The summed E-state index contributed by atoms with van der Waals surface area (Å²) >= 11 is 0. The van der Waals surface area contributed by atoms with E-state index in [1.54, 1.807) is 32.2 Å². The molecule has 0 unspecified atom stereocenters. The third-order valence-electron chi connectivity index (χ3n) is 3.88. The van der Waals surface area contributed by atoms with Gasteiger partial charge in [0, 0.05) is 6.54 Å². The van der Waals surface area contributed by atoms with Gasteiger partial charge in [0.2, 0.25) is 0 Å². The Labute approximate surface area is 148 Å². The summed E-state index contributed by atoms with van der Waals surface area (Å²) in [5, 5.41) is 2.77. The van der Waals surface area contributed by atoms with E-state index in [4.69, 9.17) is 9.47 Å². The van der Waals surface area contributed by atoms with Crippen molar-refractivity contribution in [2.75, 3.05) is 7.11 Å². The molecule has 2 aromatic carbocycles. The molecule has 0 aliphatic rings. The van der Waals surface area contributed by atoms with E-state index in [2.05, 4.69) is 5.32 Å². The molecule has 5 heteroatoms. The molecule has 0 spiro atoms. The van der Waals surface area contributed by atoms with Crippen molar-refractivity contribution in [2.45, 2.75) is 33.4 Å². The summed E-state index contributed by atoms with van der Waals surface area (Å²) < 4.78 is 10.4. The molecule has 2 aromatic rings. The zero-order valence-corrected chi connectivity index (χ0v) is 15.0. The molecule has 1 N–H and O–H groups in total. The second-order valence-electron chi connectivity index (χ2n) is 5.94. The van der Waals surface area contributed by atoms with E-state index in [1.165, 1.54) is 0 Å². The Kier molecular flexibility index (Phi) is 6.17. The molecular formula is C20H23NO4. The molecule has 0 aromatic heterocycles. The van der Waals surface area contributed by atoms with Gasteiger partial charge < -0.3 is 14.8 Å². The summed E-state index contributed by atoms with van der Waals surface area (Å²) in [6, 6.07) is 12.9. The average molecular weight is 341 g/mol. The predicted molar refractivity (Wildman–Crippen MR) is 95.6 cm³/mol. The molecule has 0 saturated carbocycles. The van der Waals surface area contributed by atoms with Gasteiger partial charge in [-0.2, -0.15) is 0 Å². The number of methoxy groups -OCH3 is 1. The number of benzene rings is 2. The second-order valence-corrected chi connectivity index (χ2v) is 5.94. The van der Waals surface area contributed by atoms with Crippen molar-refractivity contribution in [3.8, 4) is 5.75 Å². The van der Waals surface area contributed by atoms with Crippen molar-refractivity contribution in [1.29, 1.82) is 0 Å². The fourth-order valence-corrected chi connectivity index (χ4v) is 2.27. The highest BCUT2D eigenvalue weighted by atomic mass is 16.5. The Hall–Kier alpha value is -2.82. The summed E-state index contributed by atoms with van der Waals surface area (Å²) in [4.78, 5) is 24.3. The Morgan fingerprint density at radius 2 is 1.76 bits per heavy atom. The van der Waals surface area contributed by atoms with Crippen molar-refractivity contribution in [1.82, 2.24) is 5.32 Å². The minimum Gasteiger partial charge on any atom is -0.496 e. The molecule has 0 saturated heterocycles. The van der Waals surface area contributed by atoms with Crippen LogP contribution in [0.3, 0.4) is 0 Å². The highest BCUT2D eigenvalue weighted by molar-refractivity contribution is 5.92. The summed E-state index contributed by atoms with van der Waals surface area (Å²) in [6.45, 7) is 5.83. The number of carbonyl (C=O) groups excluding carboxylic acids is 2. The van der Waals surface area contributed by atoms with E-state index in [-0.39, 0.29) is 5.91 Å². The third-order valence-corrected chi connectivity index (χ3v) is 3.88. The highest BCUT2D eigenvalue weighted by Gasteiger charge is 2.19. The fourth-order valence-electron chi connectivity index (χ4n) is 2.27. The van der Waals surface area contributed by atoms with Gasteiger partial charge in [-0.25, -0.2) is 4.79 Å². The summed E-state index contributed by atoms with van der Waals surface area (Å²) in [5.41, 5.74) is 3.41. The average Bonchev–Trinajstić information content (AvgIpc) is 2.61. The summed E-state index contributed by atoms with van der Waals surface area (Å²) in [5.74, 6) is -0.296. The van der Waals surface area contributed by atoms with Gasteiger partial charge in [0.1, 0.15) is 5.75 Å². The van der Waals surface area contributed by atoms with Gasteiger partial charge in [0.05, 0.1) is 12.7 Å². The van der Waals surface area contributed by atoms with Crippen molar-refractivity contribution in [3.05, 3.63) is 64.7 Å². The monoisotopic (exact) mass is 341 g/mol. The van der Waals surface area contributed by atoms with Crippen LogP contribution in [0.4, 0.5) is 0 Å². The summed E-state index contributed by atoms with van der Waals surface area (Å²) in [7, 11) is 1.54. The van der Waals surface area contributed by atoms with Crippen LogP contribution < -0.4 is 10.1 Å². The lowest BCUT2D eigenvalue weighted by Gasteiger charge is -2.14. The number of ether oxygens (including phenoxy) is 2. The van der Waals surface area contributed by atoms with Crippen molar-refractivity contribution >= 4 is 11.9 Å². The van der Waals surface area contributed by atoms with Crippen LogP contribution in [0, 0.1) is 13.8 Å². The predicted octanol–water partition coefficient (Wildman–Crippen LogP) is 3.17. The maximum absolute atomic E-state index is 12.2. The van der Waals surface area contributed by atoms with Crippen LogP contribution in [0.2, 0.25) is 0 Å². The molecule has 5 nitrogen and oxygen atoms in total. The first kappa shape index (κ1) is 18.5. The molecule has 0 fully saturated rings. The zero-order chi connectivity index (χ0) is 18.4. The van der Waals surface area contributed by atoms with Crippen molar-refractivity contribution in [2.24, 2.45) is 0 Å². The van der Waals surface area contributed by atoms with Gasteiger partial charge >= 0.3 is 5.97 Å². The number of hydrogen-bond donors (Lipinski definition) is 1. The molecule has 2 rings (SSSR count). The zero-order valence-electron chi connectivity index (χ0n) is 15.0. The van der Waals surface area contributed by atoms with Gasteiger partial charge in [0.25, 0.3) is 5.91 Å². The Balaban J connectivity index is 1.91. The van der Waals surface area contributed by atoms with Crippen LogP contribution in [0.5, 0.6) is 5.75 Å². The smallest absolute Gasteiger partial charge is 0.339 e. The molecule has 0 radical (unpaired) electrons. The van der Waals surface area contributed by atoms with Crippen LogP contribution in [0.15, 0.2) is 42.5 Å². The largest absolute Gasteiger partial charge is 0.496 e. The lowest BCUT2D eigenvalue weighted by atomic mass is 10.1. The number of amides is 1. The van der Waals surface area contributed by atoms with Crippen LogP contribution in [-0.2, 0) is 16.1 Å². The standard InChI is InChI=1S/C20H23NO4/c1-13-5-8-16(9-6-13)12-21-19(22)15(3)25-20(23)17-10-7-14(2)18(11-17)24-4/h5-11,15H,12H2,1-4H3,(H,21,22)/t15-/m1/s1. The fraction of sp³-hybridized carbons (Fsp3) is 0.300. The number of carbonyl (C=O) groups is 2. The van der Waals surface area contributed by atoms with Crippen LogP contribution >= 0.6 is 0 Å². The summed E-state index contributed by atoms with van der Waals surface area (Å²) in [6.07, 6.45) is -0.884. The first-order valence-corrected chi connectivity index (χ1v) is 8.09. The Morgan fingerprint density at radius 3 is 2.40 bits per heavy atom. The van der Waals surface area contributed by atoms with Crippen molar-refractivity contribution in [3.63, 3.8) is 0 Å². The normalized spacial score (nSPS) is 11.5. The van der Waals surface area contributed by atoms with Gasteiger partial charge in [-0.15, -0.1) is 0 Å². The molecule has 0 heterocycles. The van der Waals surface area contributed by atoms with E-state index < -0.39 is 12.1 Å². The molecular weight excluding hydrogens is 318 g/mol. The number of hydrogen-bond acceptors (Lipinski definition) is 4. The molecule has 0 aliphatic heterocycles. The highest BCUT2D eigenvalue weighted by Crippen LogP contribution is 2.19. The van der Waals surface area contributed by atoms with Gasteiger partial charge in [-0.3, -0.25) is 4.79 Å². The SMILES string of the molecule is COc1cc(C(=O)O[C@H](C)C(=O)NCc2ccc(C)cc2)ccc1C. The van der Waals surface area contributed by atoms with Crippen LogP contribution in [0.1, 0.15) is 34.0 Å². The van der Waals surface area contributed by atoms with Crippen LogP contribution in [0.25, 0.3) is 0 Å². The third kappa shape index (κ3) is 5.08. The number of aryl methyl sites for hydroxylation is 2. The maximum Gasteiger partial charge on any atom is 0.339 e. The molecule has 25 heavy (non-hydrogen) atoms. The molecule has 0 aliphatic carbocycles. The van der Waals surface area contributed by atoms with E-state index in [0.29, 0.717) is 17.9 Å². The van der Waals surface area contributed by atoms with E-state index in [0.717, 1.165) is 16.7 Å². The number of rotatable bonds is 6. The van der Waals surface area contributed by atoms with Gasteiger partial charge in [0.15, 0.2) is 6.10 Å². The van der Waals surface area contributed by atoms with Crippen molar-refractivity contribution < 1.29 is 19.1 Å². The molecule has 1 amide bonds. The lowest BCUT2D eigenvalue weighted by molar-refractivity contribution is -0.129. The topological polar surface area (TPSA) is 64.6 Å².